The lowest BCUT2D eigenvalue weighted by Crippen LogP contribution is -2.40. The zero-order chi connectivity index (χ0) is 17.6. The standard InChI is InChI=1S/C23H31NO/c1-4-15-24(16-5-2)20-11-14-23-19(17-20)7-6-8-22(23)18-9-12-21(25-3)13-10-18/h6-10,12-13,20H,4-5,11,14-17H2,1-3H3/t20-/m0/s1. The highest BCUT2D eigenvalue weighted by molar-refractivity contribution is 5.69. The second-order valence-corrected chi connectivity index (χ2v) is 7.10. The molecule has 0 saturated heterocycles. The lowest BCUT2D eigenvalue weighted by molar-refractivity contribution is 0.180. The fourth-order valence-corrected chi connectivity index (χ4v) is 4.19. The molecule has 0 spiro atoms. The van der Waals surface area contributed by atoms with Crippen LogP contribution in [-0.4, -0.2) is 31.1 Å². The highest BCUT2D eigenvalue weighted by atomic mass is 16.5. The van der Waals surface area contributed by atoms with E-state index in [1.54, 1.807) is 18.2 Å². The summed E-state index contributed by atoms with van der Waals surface area (Å²) in [5, 5.41) is 0. The van der Waals surface area contributed by atoms with Crippen LogP contribution in [0.1, 0.15) is 44.2 Å². The van der Waals surface area contributed by atoms with Gasteiger partial charge in [-0.15, -0.1) is 0 Å². The maximum atomic E-state index is 5.30. The van der Waals surface area contributed by atoms with E-state index in [0.717, 1.165) is 5.75 Å². The van der Waals surface area contributed by atoms with Gasteiger partial charge in [0, 0.05) is 6.04 Å². The Labute approximate surface area is 152 Å². The molecule has 0 fully saturated rings. The van der Waals surface area contributed by atoms with E-state index in [4.69, 9.17) is 4.74 Å². The van der Waals surface area contributed by atoms with Crippen LogP contribution in [0, 0.1) is 0 Å². The third-order valence-electron chi connectivity index (χ3n) is 5.40. The summed E-state index contributed by atoms with van der Waals surface area (Å²) in [5.74, 6) is 0.920. The maximum Gasteiger partial charge on any atom is 0.118 e. The Hall–Kier alpha value is -1.80. The molecule has 1 atom stereocenters. The van der Waals surface area contributed by atoms with Crippen LogP contribution >= 0.6 is 0 Å². The van der Waals surface area contributed by atoms with Gasteiger partial charge in [0.05, 0.1) is 7.11 Å². The van der Waals surface area contributed by atoms with Crippen LogP contribution in [0.5, 0.6) is 5.75 Å². The van der Waals surface area contributed by atoms with Crippen molar-refractivity contribution in [3.63, 3.8) is 0 Å². The van der Waals surface area contributed by atoms with Crippen LogP contribution in [0.4, 0.5) is 0 Å². The van der Waals surface area contributed by atoms with Crippen molar-refractivity contribution < 1.29 is 4.74 Å². The van der Waals surface area contributed by atoms with E-state index in [1.165, 1.54) is 56.3 Å². The van der Waals surface area contributed by atoms with Gasteiger partial charge in [-0.25, -0.2) is 0 Å². The molecule has 1 aliphatic rings. The summed E-state index contributed by atoms with van der Waals surface area (Å²) >= 11 is 0. The molecule has 3 rings (SSSR count). The number of benzene rings is 2. The van der Waals surface area contributed by atoms with Gasteiger partial charge < -0.3 is 9.64 Å². The van der Waals surface area contributed by atoms with E-state index >= 15 is 0 Å². The Kier molecular flexibility index (Phi) is 6.14. The van der Waals surface area contributed by atoms with E-state index in [1.807, 2.05) is 0 Å². The molecular formula is C23H31NO. The number of hydrogen-bond donors (Lipinski definition) is 0. The first-order chi connectivity index (χ1) is 12.3. The number of nitrogens with zero attached hydrogens (tertiary/aromatic N) is 1. The fraction of sp³-hybridized carbons (Fsp3) is 0.478. The fourth-order valence-electron chi connectivity index (χ4n) is 4.19. The van der Waals surface area contributed by atoms with Crippen LogP contribution in [0.3, 0.4) is 0 Å². The summed E-state index contributed by atoms with van der Waals surface area (Å²) in [7, 11) is 1.72. The molecule has 0 amide bonds. The van der Waals surface area contributed by atoms with Gasteiger partial charge in [-0.3, -0.25) is 0 Å². The number of methoxy groups -OCH3 is 1. The Balaban J connectivity index is 1.84. The van der Waals surface area contributed by atoms with Gasteiger partial charge in [-0.05, 0) is 79.6 Å². The van der Waals surface area contributed by atoms with Crippen LogP contribution in [0.15, 0.2) is 42.5 Å². The summed E-state index contributed by atoms with van der Waals surface area (Å²) in [6, 6.07) is 16.0. The predicted molar refractivity (Wildman–Crippen MR) is 106 cm³/mol. The molecule has 134 valence electrons. The normalized spacial score (nSPS) is 16.7. The number of fused-ring (bicyclic) bond motifs is 1. The minimum atomic E-state index is 0.707. The molecule has 2 heteroatoms. The number of ether oxygens (including phenoxy) is 1. The third kappa shape index (κ3) is 4.07. The lowest BCUT2D eigenvalue weighted by Gasteiger charge is -2.35. The van der Waals surface area contributed by atoms with E-state index in [-0.39, 0.29) is 0 Å². The second kappa shape index (κ2) is 8.53. The van der Waals surface area contributed by atoms with Gasteiger partial charge in [0.1, 0.15) is 5.75 Å². The number of hydrogen-bond acceptors (Lipinski definition) is 2. The van der Waals surface area contributed by atoms with Gasteiger partial charge in [0.2, 0.25) is 0 Å². The summed E-state index contributed by atoms with van der Waals surface area (Å²) < 4.78 is 5.30. The van der Waals surface area contributed by atoms with Gasteiger partial charge in [-0.1, -0.05) is 44.2 Å². The summed E-state index contributed by atoms with van der Waals surface area (Å²) in [5.41, 5.74) is 5.80. The van der Waals surface area contributed by atoms with E-state index in [0.29, 0.717) is 6.04 Å². The Morgan fingerprint density at radius 2 is 1.72 bits per heavy atom. The first kappa shape index (κ1) is 18.0. The van der Waals surface area contributed by atoms with Crippen molar-refractivity contribution in [1.82, 2.24) is 4.90 Å². The zero-order valence-corrected chi connectivity index (χ0v) is 15.9. The van der Waals surface area contributed by atoms with Crippen LogP contribution in [0.25, 0.3) is 11.1 Å². The van der Waals surface area contributed by atoms with Crippen molar-refractivity contribution in [3.8, 4) is 16.9 Å². The quantitative estimate of drug-likeness (QED) is 0.676. The smallest absolute Gasteiger partial charge is 0.118 e. The maximum absolute atomic E-state index is 5.30. The molecule has 25 heavy (non-hydrogen) atoms. The largest absolute Gasteiger partial charge is 0.497 e. The van der Waals surface area contributed by atoms with Gasteiger partial charge in [0.15, 0.2) is 0 Å². The van der Waals surface area contributed by atoms with Crippen LogP contribution in [-0.2, 0) is 12.8 Å². The van der Waals surface area contributed by atoms with Gasteiger partial charge in [0.25, 0.3) is 0 Å². The molecule has 2 aromatic rings. The first-order valence-electron chi connectivity index (χ1n) is 9.76. The molecular weight excluding hydrogens is 306 g/mol. The minimum Gasteiger partial charge on any atom is -0.497 e. The van der Waals surface area contributed by atoms with Crippen molar-refractivity contribution in [3.05, 3.63) is 53.6 Å². The molecule has 0 radical (unpaired) electrons. The predicted octanol–water partition coefficient (Wildman–Crippen LogP) is 5.34. The highest BCUT2D eigenvalue weighted by Crippen LogP contribution is 2.33. The first-order valence-corrected chi connectivity index (χ1v) is 9.76. The molecule has 2 aromatic carbocycles. The molecule has 0 N–H and O–H groups in total. The van der Waals surface area contributed by atoms with E-state index in [2.05, 4.69) is 61.2 Å². The van der Waals surface area contributed by atoms with Gasteiger partial charge >= 0.3 is 0 Å². The number of rotatable bonds is 7. The van der Waals surface area contributed by atoms with Crippen molar-refractivity contribution in [2.24, 2.45) is 0 Å². The molecule has 0 unspecified atom stereocenters. The summed E-state index contributed by atoms with van der Waals surface area (Å²) in [6.45, 7) is 7.04. The molecule has 0 saturated carbocycles. The van der Waals surface area contributed by atoms with Crippen molar-refractivity contribution in [2.45, 2.75) is 52.0 Å². The summed E-state index contributed by atoms with van der Waals surface area (Å²) in [4.78, 5) is 2.71. The topological polar surface area (TPSA) is 12.5 Å². The van der Waals surface area contributed by atoms with E-state index < -0.39 is 0 Å². The molecule has 0 aliphatic heterocycles. The van der Waals surface area contributed by atoms with Gasteiger partial charge in [-0.2, -0.15) is 0 Å². The average molecular weight is 338 g/mol. The molecule has 0 heterocycles. The third-order valence-corrected chi connectivity index (χ3v) is 5.40. The minimum absolute atomic E-state index is 0.707. The Bertz CT molecular complexity index is 671. The zero-order valence-electron chi connectivity index (χ0n) is 15.9. The highest BCUT2D eigenvalue weighted by Gasteiger charge is 2.25. The lowest BCUT2D eigenvalue weighted by atomic mass is 9.83. The SMILES string of the molecule is CCCN(CCC)[C@H]1CCc2c(cccc2-c2ccc(OC)cc2)C1. The van der Waals surface area contributed by atoms with Crippen LogP contribution in [0.2, 0.25) is 0 Å². The molecule has 2 nitrogen and oxygen atoms in total. The van der Waals surface area contributed by atoms with Crippen LogP contribution < -0.4 is 4.74 Å². The monoisotopic (exact) mass is 337 g/mol. The Morgan fingerprint density at radius 1 is 1.00 bits per heavy atom. The molecule has 0 bridgehead atoms. The van der Waals surface area contributed by atoms with Crippen molar-refractivity contribution in [1.29, 1.82) is 0 Å². The average Bonchev–Trinajstić information content (AvgIpc) is 2.67. The second-order valence-electron chi connectivity index (χ2n) is 7.10. The molecule has 0 aromatic heterocycles. The molecule has 1 aliphatic carbocycles. The van der Waals surface area contributed by atoms with E-state index in [9.17, 15) is 0 Å². The summed E-state index contributed by atoms with van der Waals surface area (Å²) in [6.07, 6.45) is 6.15. The Morgan fingerprint density at radius 3 is 2.36 bits per heavy atom. The van der Waals surface area contributed by atoms with Crippen molar-refractivity contribution >= 4 is 0 Å². The van der Waals surface area contributed by atoms with Crippen molar-refractivity contribution in [2.75, 3.05) is 20.2 Å².